The quantitative estimate of drug-likeness (QED) is 0.519. The van der Waals surface area contributed by atoms with Crippen molar-refractivity contribution in [2.24, 2.45) is 10.8 Å². The molecule has 1 amide bonds. The second kappa shape index (κ2) is 8.80. The Labute approximate surface area is 220 Å². The Kier molecular flexibility index (Phi) is 6.02. The van der Waals surface area contributed by atoms with Crippen LogP contribution in [0.2, 0.25) is 0 Å². The van der Waals surface area contributed by atoms with E-state index in [0.717, 1.165) is 21.4 Å². The molecule has 0 atom stereocenters. The highest BCUT2D eigenvalue weighted by atomic mass is 79.9. The van der Waals surface area contributed by atoms with Crippen LogP contribution in [0, 0.1) is 10.8 Å². The summed E-state index contributed by atoms with van der Waals surface area (Å²) >= 11 is 3.50. The van der Waals surface area contributed by atoms with E-state index in [9.17, 15) is 14.4 Å². The van der Waals surface area contributed by atoms with E-state index in [1.165, 1.54) is 0 Å². The van der Waals surface area contributed by atoms with E-state index in [1.807, 2.05) is 24.3 Å². The molecule has 3 aliphatic rings. The molecular formula is C29H30BrN3O3. The molecule has 0 saturated heterocycles. The van der Waals surface area contributed by atoms with Crippen LogP contribution in [0.4, 0.5) is 0 Å². The Morgan fingerprint density at radius 1 is 0.861 bits per heavy atom. The van der Waals surface area contributed by atoms with Gasteiger partial charge in [0, 0.05) is 63.7 Å². The second-order valence-corrected chi connectivity index (χ2v) is 12.5. The van der Waals surface area contributed by atoms with Gasteiger partial charge in [-0.25, -0.2) is 0 Å². The van der Waals surface area contributed by atoms with E-state index in [-0.39, 0.29) is 28.3 Å². The molecule has 2 aliphatic carbocycles. The number of rotatable bonds is 3. The molecule has 0 radical (unpaired) electrons. The topological polar surface area (TPSA) is 79.4 Å². The summed E-state index contributed by atoms with van der Waals surface area (Å²) in [5.74, 6) is -0.683. The van der Waals surface area contributed by atoms with Crippen LogP contribution in [0.25, 0.3) is 0 Å². The fourth-order valence-corrected chi connectivity index (χ4v) is 6.02. The number of hydrogen-bond acceptors (Lipinski definition) is 5. The van der Waals surface area contributed by atoms with Crippen molar-refractivity contribution in [3.8, 4) is 0 Å². The molecule has 0 unspecified atom stereocenters. The molecule has 0 spiro atoms. The van der Waals surface area contributed by atoms with Gasteiger partial charge < -0.3 is 0 Å². The molecule has 1 aromatic heterocycles. The first kappa shape index (κ1) is 24.6. The maximum Gasteiger partial charge on any atom is 0.270 e. The molecule has 36 heavy (non-hydrogen) atoms. The third kappa shape index (κ3) is 4.45. The highest BCUT2D eigenvalue weighted by Gasteiger charge is 2.49. The molecule has 1 N–H and O–H groups in total. The number of nitrogens with one attached hydrogen (secondary N) is 1. The van der Waals surface area contributed by atoms with Gasteiger partial charge in [-0.15, -0.1) is 0 Å². The maximum absolute atomic E-state index is 13.8. The van der Waals surface area contributed by atoms with Gasteiger partial charge in [-0.3, -0.25) is 29.8 Å². The molecule has 0 bridgehead atoms. The van der Waals surface area contributed by atoms with Gasteiger partial charge in [-0.2, -0.15) is 0 Å². The average Bonchev–Trinajstić information content (AvgIpc) is 2.79. The summed E-state index contributed by atoms with van der Waals surface area (Å²) in [4.78, 5) is 44.9. The zero-order valence-electron chi connectivity index (χ0n) is 21.0. The number of benzene rings is 1. The number of hydrazine groups is 1. The Morgan fingerprint density at radius 3 is 1.86 bits per heavy atom. The van der Waals surface area contributed by atoms with Crippen LogP contribution < -0.4 is 5.43 Å². The predicted octanol–water partition coefficient (Wildman–Crippen LogP) is 5.87. The van der Waals surface area contributed by atoms with Gasteiger partial charge in [0.2, 0.25) is 0 Å². The first-order chi connectivity index (χ1) is 17.0. The number of carbonyl (C=O) groups is 3. The molecule has 7 heteroatoms. The van der Waals surface area contributed by atoms with Crippen molar-refractivity contribution in [3.63, 3.8) is 0 Å². The highest BCUT2D eigenvalue weighted by molar-refractivity contribution is 9.10. The van der Waals surface area contributed by atoms with Gasteiger partial charge in [0.05, 0.1) is 0 Å². The molecule has 1 aliphatic heterocycles. The lowest BCUT2D eigenvalue weighted by molar-refractivity contribution is -0.119. The van der Waals surface area contributed by atoms with E-state index >= 15 is 0 Å². The van der Waals surface area contributed by atoms with Gasteiger partial charge in [-0.1, -0.05) is 55.8 Å². The monoisotopic (exact) mass is 547 g/mol. The van der Waals surface area contributed by atoms with Crippen LogP contribution in [-0.4, -0.2) is 27.5 Å². The summed E-state index contributed by atoms with van der Waals surface area (Å²) in [6.45, 7) is 8.30. The van der Waals surface area contributed by atoms with E-state index in [4.69, 9.17) is 0 Å². The highest BCUT2D eigenvalue weighted by Crippen LogP contribution is 2.53. The van der Waals surface area contributed by atoms with E-state index < -0.39 is 5.92 Å². The van der Waals surface area contributed by atoms with Crippen LogP contribution in [-0.2, 0) is 9.59 Å². The number of pyridine rings is 1. The standard InChI is InChI=1S/C29H30BrN3O3/c1-28(2)13-20-25(22(34)15-28)24(17-5-7-19(30)8-6-17)26-21(14-29(3,4)16-23(26)35)33(20)32-27(36)18-9-11-31-12-10-18/h5-12,24H,13-16H2,1-4H3,(H,32,36). The number of halogens is 1. The van der Waals surface area contributed by atoms with Gasteiger partial charge in [0.25, 0.3) is 5.91 Å². The van der Waals surface area contributed by atoms with Crippen LogP contribution in [0.1, 0.15) is 75.2 Å². The zero-order chi connectivity index (χ0) is 25.8. The molecule has 0 fully saturated rings. The zero-order valence-corrected chi connectivity index (χ0v) is 22.6. The van der Waals surface area contributed by atoms with Crippen LogP contribution in [0.5, 0.6) is 0 Å². The minimum Gasteiger partial charge on any atom is -0.294 e. The molecule has 5 rings (SSSR count). The number of Topliss-reactive ketones (excluding diaryl/α,β-unsaturated/α-hetero) is 2. The lowest BCUT2D eigenvalue weighted by Crippen LogP contribution is -2.50. The third-order valence-electron chi connectivity index (χ3n) is 7.27. The summed E-state index contributed by atoms with van der Waals surface area (Å²) in [6.07, 6.45) is 5.17. The minimum atomic E-state index is -0.440. The lowest BCUT2D eigenvalue weighted by Gasteiger charge is -2.48. The molecule has 186 valence electrons. The summed E-state index contributed by atoms with van der Waals surface area (Å²) in [5.41, 5.74) is 6.73. The predicted molar refractivity (Wildman–Crippen MR) is 141 cm³/mol. The molecule has 0 saturated carbocycles. The molecule has 2 aromatic rings. The van der Waals surface area contributed by atoms with Crippen molar-refractivity contribution in [1.82, 2.24) is 15.4 Å². The van der Waals surface area contributed by atoms with Gasteiger partial charge in [0.15, 0.2) is 11.6 Å². The number of nitrogens with zero attached hydrogens (tertiary/aromatic N) is 2. The van der Waals surface area contributed by atoms with Crippen molar-refractivity contribution in [1.29, 1.82) is 0 Å². The Balaban J connectivity index is 1.73. The van der Waals surface area contributed by atoms with Crippen molar-refractivity contribution in [2.45, 2.75) is 59.3 Å². The average molecular weight is 548 g/mol. The summed E-state index contributed by atoms with van der Waals surface area (Å²) in [6, 6.07) is 11.2. The van der Waals surface area contributed by atoms with Crippen LogP contribution >= 0.6 is 15.9 Å². The number of amides is 1. The number of allylic oxidation sites excluding steroid dienone is 4. The first-order valence-corrected chi connectivity index (χ1v) is 13.0. The number of aromatic nitrogens is 1. The lowest BCUT2D eigenvalue weighted by atomic mass is 9.64. The van der Waals surface area contributed by atoms with E-state index in [0.29, 0.717) is 42.4 Å². The van der Waals surface area contributed by atoms with Crippen molar-refractivity contribution < 1.29 is 14.4 Å². The minimum absolute atomic E-state index is 0.0292. The fraction of sp³-hybridized carbons (Fsp3) is 0.379. The Morgan fingerprint density at radius 2 is 1.36 bits per heavy atom. The Hall–Kier alpha value is -3.06. The Bertz CT molecular complexity index is 1270. The number of ketones is 2. The summed E-state index contributed by atoms with van der Waals surface area (Å²) < 4.78 is 0.934. The van der Waals surface area contributed by atoms with E-state index in [2.05, 4.69) is 54.0 Å². The van der Waals surface area contributed by atoms with E-state index in [1.54, 1.807) is 29.5 Å². The van der Waals surface area contributed by atoms with Crippen LogP contribution in [0.3, 0.4) is 0 Å². The first-order valence-electron chi connectivity index (χ1n) is 12.2. The smallest absolute Gasteiger partial charge is 0.270 e. The number of carbonyl (C=O) groups excluding carboxylic acids is 3. The summed E-state index contributed by atoms with van der Waals surface area (Å²) in [5, 5.41) is 1.78. The van der Waals surface area contributed by atoms with Gasteiger partial charge >= 0.3 is 0 Å². The molecule has 1 aromatic carbocycles. The van der Waals surface area contributed by atoms with Crippen LogP contribution in [0.15, 0.2) is 75.8 Å². The molecule has 6 nitrogen and oxygen atoms in total. The van der Waals surface area contributed by atoms with Crippen molar-refractivity contribution >= 4 is 33.4 Å². The second-order valence-electron chi connectivity index (χ2n) is 11.6. The van der Waals surface area contributed by atoms with Crippen molar-refractivity contribution in [2.75, 3.05) is 0 Å². The number of hydrogen-bond donors (Lipinski definition) is 1. The van der Waals surface area contributed by atoms with Gasteiger partial charge in [-0.05, 0) is 53.5 Å². The fourth-order valence-electron chi connectivity index (χ4n) is 5.76. The SMILES string of the molecule is CC1(C)CC(=O)C2=C(C1)N(NC(=O)c1ccncc1)C1=C(C(=O)CC(C)(C)C1)C2c1ccc(Br)cc1. The summed E-state index contributed by atoms with van der Waals surface area (Å²) in [7, 11) is 0. The third-order valence-corrected chi connectivity index (χ3v) is 7.80. The normalized spacial score (nSPS) is 21.3. The molecule has 2 heterocycles. The molecular weight excluding hydrogens is 518 g/mol. The maximum atomic E-state index is 13.8. The largest absolute Gasteiger partial charge is 0.294 e. The van der Waals surface area contributed by atoms with Crippen molar-refractivity contribution in [3.05, 3.63) is 86.9 Å². The van der Waals surface area contributed by atoms with Gasteiger partial charge in [0.1, 0.15) is 0 Å².